The second-order valence-corrected chi connectivity index (χ2v) is 4.90. The Balaban J connectivity index is 2.91. The van der Waals surface area contributed by atoms with Crippen LogP contribution in [0.4, 0.5) is 0 Å². The van der Waals surface area contributed by atoms with Crippen LogP contribution < -0.4 is 5.32 Å². The van der Waals surface area contributed by atoms with Gasteiger partial charge in [-0.1, -0.05) is 13.0 Å². The number of nitrogens with one attached hydrogen (secondary N) is 1. The zero-order chi connectivity index (χ0) is 13.9. The van der Waals surface area contributed by atoms with E-state index in [1.54, 1.807) is 13.0 Å². The Morgan fingerprint density at radius 1 is 1.33 bits per heavy atom. The van der Waals surface area contributed by atoms with Gasteiger partial charge >= 0.3 is 0 Å². The number of carbonyl (C=O) groups is 1. The van der Waals surface area contributed by atoms with Crippen LogP contribution in [-0.2, 0) is 0 Å². The van der Waals surface area contributed by atoms with Gasteiger partial charge in [0, 0.05) is 12.6 Å². The van der Waals surface area contributed by atoms with E-state index in [1.165, 1.54) is 0 Å². The fourth-order valence-electron chi connectivity index (χ4n) is 1.72. The maximum absolute atomic E-state index is 12.0. The van der Waals surface area contributed by atoms with Gasteiger partial charge in [-0.3, -0.25) is 4.79 Å². The van der Waals surface area contributed by atoms with Gasteiger partial charge in [0.25, 0.3) is 5.91 Å². The highest BCUT2D eigenvalue weighted by molar-refractivity contribution is 5.97. The predicted octanol–water partition coefficient (Wildman–Crippen LogP) is 1.76. The van der Waals surface area contributed by atoms with Gasteiger partial charge in [0.05, 0.1) is 5.56 Å². The van der Waals surface area contributed by atoms with Gasteiger partial charge in [-0.15, -0.1) is 0 Å². The topological polar surface area (TPSA) is 69.6 Å². The van der Waals surface area contributed by atoms with Crippen LogP contribution >= 0.6 is 0 Å². The second-order valence-electron chi connectivity index (χ2n) is 4.90. The largest absolute Gasteiger partial charge is 0.507 e. The summed E-state index contributed by atoms with van der Waals surface area (Å²) in [6, 6.07) is 3.34. The third-order valence-corrected chi connectivity index (χ3v) is 3.19. The number of aromatic hydroxyl groups is 1. The van der Waals surface area contributed by atoms with Crippen molar-refractivity contribution in [2.45, 2.75) is 33.7 Å². The summed E-state index contributed by atoms with van der Waals surface area (Å²) in [5, 5.41) is 21.7. The monoisotopic (exact) mass is 251 g/mol. The minimum absolute atomic E-state index is 0.0142. The summed E-state index contributed by atoms with van der Waals surface area (Å²) in [4.78, 5) is 12.0. The molecular formula is C14H21NO3. The normalized spacial score (nSPS) is 14.1. The number of rotatable bonds is 4. The quantitative estimate of drug-likeness (QED) is 0.763. The molecule has 1 aromatic rings. The highest BCUT2D eigenvalue weighted by Gasteiger charge is 2.18. The van der Waals surface area contributed by atoms with Crippen LogP contribution in [0.25, 0.3) is 0 Å². The first-order chi connectivity index (χ1) is 8.36. The molecule has 1 aromatic carbocycles. The molecule has 0 saturated carbocycles. The Kier molecular flexibility index (Phi) is 4.73. The number of hydrogen-bond acceptors (Lipinski definition) is 3. The van der Waals surface area contributed by atoms with Gasteiger partial charge in [0.1, 0.15) is 5.75 Å². The van der Waals surface area contributed by atoms with Crippen molar-refractivity contribution in [2.75, 3.05) is 6.61 Å². The second kappa shape index (κ2) is 5.87. The molecule has 1 rings (SSSR count). The summed E-state index contributed by atoms with van der Waals surface area (Å²) in [6.07, 6.45) is 0. The third kappa shape index (κ3) is 3.23. The van der Waals surface area contributed by atoms with E-state index in [2.05, 4.69) is 5.32 Å². The maximum Gasteiger partial charge on any atom is 0.255 e. The van der Waals surface area contributed by atoms with Gasteiger partial charge in [-0.25, -0.2) is 0 Å². The summed E-state index contributed by atoms with van der Waals surface area (Å²) in [5.41, 5.74) is 1.89. The lowest BCUT2D eigenvalue weighted by atomic mass is 10.0. The standard InChI is InChI=1S/C14H21NO3/c1-8-5-9(2)13(17)12(6-8)14(18)15-11(4)10(3)7-16/h5-6,10-11,16-17H,7H2,1-4H3,(H,15,18). The zero-order valence-corrected chi connectivity index (χ0v) is 11.3. The van der Waals surface area contributed by atoms with Crippen LogP contribution in [0.3, 0.4) is 0 Å². The van der Waals surface area contributed by atoms with Crippen LogP contribution in [0.5, 0.6) is 5.75 Å². The summed E-state index contributed by atoms with van der Waals surface area (Å²) in [6.45, 7) is 7.34. The van der Waals surface area contributed by atoms with Crippen molar-refractivity contribution >= 4 is 5.91 Å². The van der Waals surface area contributed by atoms with E-state index in [-0.39, 0.29) is 35.8 Å². The summed E-state index contributed by atoms with van der Waals surface area (Å²) in [7, 11) is 0. The molecular weight excluding hydrogens is 230 g/mol. The summed E-state index contributed by atoms with van der Waals surface area (Å²) >= 11 is 0. The number of aryl methyl sites for hydroxylation is 2. The molecule has 2 unspecified atom stereocenters. The fourth-order valence-corrected chi connectivity index (χ4v) is 1.72. The van der Waals surface area contributed by atoms with Crippen LogP contribution in [0.1, 0.15) is 35.3 Å². The summed E-state index contributed by atoms with van der Waals surface area (Å²) in [5.74, 6) is -0.323. The van der Waals surface area contributed by atoms with E-state index in [0.717, 1.165) is 5.56 Å². The average Bonchev–Trinajstić information content (AvgIpc) is 2.32. The van der Waals surface area contributed by atoms with Gasteiger partial charge < -0.3 is 15.5 Å². The number of carbonyl (C=O) groups excluding carboxylic acids is 1. The minimum atomic E-state index is -0.313. The number of phenols is 1. The van der Waals surface area contributed by atoms with Gasteiger partial charge in [0.2, 0.25) is 0 Å². The Bertz CT molecular complexity index is 443. The molecule has 4 nitrogen and oxygen atoms in total. The third-order valence-electron chi connectivity index (χ3n) is 3.19. The van der Waals surface area contributed by atoms with Gasteiger partial charge in [-0.2, -0.15) is 0 Å². The van der Waals surface area contributed by atoms with Crippen molar-refractivity contribution in [3.8, 4) is 5.75 Å². The molecule has 0 radical (unpaired) electrons. The molecule has 0 saturated heterocycles. The highest BCUT2D eigenvalue weighted by atomic mass is 16.3. The van der Waals surface area contributed by atoms with E-state index in [1.807, 2.05) is 26.8 Å². The van der Waals surface area contributed by atoms with Crippen molar-refractivity contribution < 1.29 is 15.0 Å². The number of aliphatic hydroxyl groups excluding tert-OH is 1. The van der Waals surface area contributed by atoms with Crippen molar-refractivity contribution in [3.05, 3.63) is 28.8 Å². The Morgan fingerprint density at radius 3 is 2.50 bits per heavy atom. The first-order valence-corrected chi connectivity index (χ1v) is 6.08. The van der Waals surface area contributed by atoms with Crippen LogP contribution in [0.2, 0.25) is 0 Å². The zero-order valence-electron chi connectivity index (χ0n) is 11.3. The Labute approximate surface area is 108 Å². The lowest BCUT2D eigenvalue weighted by Crippen LogP contribution is -2.38. The van der Waals surface area contributed by atoms with Crippen molar-refractivity contribution in [2.24, 2.45) is 5.92 Å². The molecule has 0 heterocycles. The van der Waals surface area contributed by atoms with Crippen LogP contribution in [0, 0.1) is 19.8 Å². The molecule has 0 aliphatic carbocycles. The highest BCUT2D eigenvalue weighted by Crippen LogP contribution is 2.23. The van der Waals surface area contributed by atoms with Crippen molar-refractivity contribution in [1.82, 2.24) is 5.32 Å². The van der Waals surface area contributed by atoms with E-state index >= 15 is 0 Å². The van der Waals surface area contributed by atoms with Gasteiger partial charge in [-0.05, 0) is 43.9 Å². The maximum atomic E-state index is 12.0. The molecule has 3 N–H and O–H groups in total. The Morgan fingerprint density at radius 2 is 1.94 bits per heavy atom. The number of aliphatic hydroxyl groups is 1. The van der Waals surface area contributed by atoms with Crippen molar-refractivity contribution in [3.63, 3.8) is 0 Å². The number of amides is 1. The number of phenolic OH excluding ortho intramolecular Hbond substituents is 1. The molecule has 0 fully saturated rings. The number of benzene rings is 1. The summed E-state index contributed by atoms with van der Waals surface area (Å²) < 4.78 is 0. The van der Waals surface area contributed by atoms with E-state index in [9.17, 15) is 9.90 Å². The number of hydrogen-bond donors (Lipinski definition) is 3. The molecule has 0 aromatic heterocycles. The molecule has 0 bridgehead atoms. The minimum Gasteiger partial charge on any atom is -0.507 e. The molecule has 1 amide bonds. The molecule has 2 atom stereocenters. The molecule has 4 heteroatoms. The van der Waals surface area contributed by atoms with Crippen molar-refractivity contribution in [1.29, 1.82) is 0 Å². The smallest absolute Gasteiger partial charge is 0.255 e. The van der Waals surface area contributed by atoms with E-state index < -0.39 is 0 Å². The average molecular weight is 251 g/mol. The Hall–Kier alpha value is -1.55. The molecule has 18 heavy (non-hydrogen) atoms. The SMILES string of the molecule is Cc1cc(C)c(O)c(C(=O)NC(C)C(C)CO)c1. The predicted molar refractivity (Wildman–Crippen MR) is 70.8 cm³/mol. The van der Waals surface area contributed by atoms with Crippen LogP contribution in [0.15, 0.2) is 12.1 Å². The molecule has 0 aliphatic rings. The molecule has 0 aliphatic heterocycles. The first kappa shape index (κ1) is 14.5. The lowest BCUT2D eigenvalue weighted by Gasteiger charge is -2.20. The van der Waals surface area contributed by atoms with E-state index in [4.69, 9.17) is 5.11 Å². The molecule has 0 spiro atoms. The fraction of sp³-hybridized carbons (Fsp3) is 0.500. The van der Waals surface area contributed by atoms with Crippen LogP contribution in [-0.4, -0.2) is 28.8 Å². The first-order valence-electron chi connectivity index (χ1n) is 6.08. The molecule has 100 valence electrons. The lowest BCUT2D eigenvalue weighted by molar-refractivity contribution is 0.0913. The van der Waals surface area contributed by atoms with E-state index in [0.29, 0.717) is 5.56 Å². The van der Waals surface area contributed by atoms with Gasteiger partial charge in [0.15, 0.2) is 0 Å².